The van der Waals surface area contributed by atoms with E-state index in [4.69, 9.17) is 26.2 Å². The molecule has 0 aliphatic rings. The van der Waals surface area contributed by atoms with Gasteiger partial charge < -0.3 is 4.42 Å². The maximum atomic E-state index is 9.12. The first kappa shape index (κ1) is 22.4. The Labute approximate surface area is 286 Å². The van der Waals surface area contributed by atoms with Gasteiger partial charge in [0, 0.05) is 47.6 Å². The van der Waals surface area contributed by atoms with E-state index in [0.717, 1.165) is 43.1 Å². The lowest BCUT2D eigenvalue weighted by atomic mass is 9.92. The quantitative estimate of drug-likeness (QED) is 0.193. The number of fused-ring (bicyclic) bond motifs is 7. The second kappa shape index (κ2) is 10.7. The fourth-order valence-corrected chi connectivity index (χ4v) is 7.86. The molecule has 0 unspecified atom stereocenters. The lowest BCUT2D eigenvalue weighted by molar-refractivity contribution is 0.669. The molecule has 0 aliphatic heterocycles. The van der Waals surface area contributed by atoms with Crippen LogP contribution in [0.15, 0.2) is 156 Å². The summed E-state index contributed by atoms with van der Waals surface area (Å²) < 4.78 is 51.2. The van der Waals surface area contributed by atoms with Crippen molar-refractivity contribution >= 4 is 64.2 Å². The van der Waals surface area contributed by atoms with Gasteiger partial charge in [-0.25, -0.2) is 15.0 Å². The Bertz CT molecular complexity index is 3140. The highest BCUT2D eigenvalue weighted by molar-refractivity contribution is 7.26. The van der Waals surface area contributed by atoms with E-state index in [-0.39, 0.29) is 41.4 Å². The molecule has 5 heteroatoms. The van der Waals surface area contributed by atoms with Gasteiger partial charge in [0.15, 0.2) is 17.5 Å². The van der Waals surface area contributed by atoms with Crippen LogP contribution in [0.3, 0.4) is 0 Å². The van der Waals surface area contributed by atoms with Crippen molar-refractivity contribution in [2.75, 3.05) is 0 Å². The molecule has 0 saturated heterocycles. The summed E-state index contributed by atoms with van der Waals surface area (Å²) in [5.74, 6) is 1.62. The monoisotopic (exact) mass is 636 g/mol. The highest BCUT2D eigenvalue weighted by Gasteiger charge is 2.20. The van der Waals surface area contributed by atoms with Gasteiger partial charge in [0.2, 0.25) is 0 Å². The van der Waals surface area contributed by atoms with Gasteiger partial charge in [-0.3, -0.25) is 0 Å². The SMILES string of the molecule is [2H]c1cc2c(oc3c([2H])cc([2H])c(-c4ccc(-c5nc(-c6ccccc6)nc(-c6cccc7c6sc6ccccc67)n5)c5ccccc45)c32)c([2H])c1[2H]. The van der Waals surface area contributed by atoms with Gasteiger partial charge in [-0.05, 0) is 52.2 Å². The van der Waals surface area contributed by atoms with Gasteiger partial charge in [-0.1, -0.05) is 121 Å². The molecule has 0 spiro atoms. The predicted octanol–water partition coefficient (Wildman–Crippen LogP) is 12.0. The molecule has 0 fully saturated rings. The van der Waals surface area contributed by atoms with Gasteiger partial charge in [0.1, 0.15) is 11.2 Å². The van der Waals surface area contributed by atoms with Crippen LogP contribution in [0.4, 0.5) is 0 Å². The lowest BCUT2D eigenvalue weighted by Crippen LogP contribution is -2.01. The molecule has 10 aromatic rings. The van der Waals surface area contributed by atoms with Crippen LogP contribution in [-0.4, -0.2) is 15.0 Å². The van der Waals surface area contributed by atoms with Crippen LogP contribution in [0.25, 0.3) is 98.2 Å². The van der Waals surface area contributed by atoms with Gasteiger partial charge >= 0.3 is 0 Å². The van der Waals surface area contributed by atoms with E-state index >= 15 is 0 Å². The van der Waals surface area contributed by atoms with Crippen LogP contribution in [0.1, 0.15) is 6.85 Å². The van der Waals surface area contributed by atoms with Crippen LogP contribution in [0.2, 0.25) is 0 Å². The molecule has 0 bridgehead atoms. The molecule has 48 heavy (non-hydrogen) atoms. The maximum absolute atomic E-state index is 9.12. The van der Waals surface area contributed by atoms with Gasteiger partial charge in [0.05, 0.1) is 6.85 Å². The first-order valence-electron chi connectivity index (χ1n) is 18.0. The van der Waals surface area contributed by atoms with Crippen molar-refractivity contribution in [2.45, 2.75) is 0 Å². The fraction of sp³-hybridized carbons (Fsp3) is 0. The zero-order chi connectivity index (χ0) is 36.0. The molecular weight excluding hydrogens is 607 g/mol. The minimum atomic E-state index is -0.249. The molecule has 0 radical (unpaired) electrons. The first-order chi connectivity index (χ1) is 25.9. The van der Waals surface area contributed by atoms with Crippen molar-refractivity contribution in [3.63, 3.8) is 0 Å². The van der Waals surface area contributed by atoms with Crippen LogP contribution in [0, 0.1) is 0 Å². The highest BCUT2D eigenvalue weighted by atomic mass is 32.1. The molecule has 10 rings (SSSR count). The second-order valence-corrected chi connectivity index (χ2v) is 12.6. The van der Waals surface area contributed by atoms with Gasteiger partial charge in [0.25, 0.3) is 0 Å². The normalized spacial score (nSPS) is 13.2. The number of hydrogen-bond acceptors (Lipinski definition) is 5. The summed E-state index contributed by atoms with van der Waals surface area (Å²) >= 11 is 1.72. The molecule has 224 valence electrons. The van der Waals surface area contributed by atoms with Gasteiger partial charge in [-0.2, -0.15) is 0 Å². The van der Waals surface area contributed by atoms with Crippen LogP contribution in [0.5, 0.6) is 0 Å². The molecule has 0 atom stereocenters. The largest absolute Gasteiger partial charge is 0.456 e. The molecule has 4 nitrogen and oxygen atoms in total. The number of thiophene rings is 1. The Balaban J connectivity index is 1.24. The second-order valence-electron chi connectivity index (χ2n) is 11.6. The number of benzene rings is 7. The van der Waals surface area contributed by atoms with Crippen molar-refractivity contribution in [3.8, 4) is 45.3 Å². The van der Waals surface area contributed by atoms with Crippen molar-refractivity contribution in [1.82, 2.24) is 15.0 Å². The number of furan rings is 1. The third-order valence-corrected chi connectivity index (χ3v) is 10.0. The van der Waals surface area contributed by atoms with E-state index in [1.165, 1.54) is 22.2 Å². The van der Waals surface area contributed by atoms with Crippen molar-refractivity contribution in [1.29, 1.82) is 0 Å². The van der Waals surface area contributed by atoms with E-state index < -0.39 is 0 Å². The summed E-state index contributed by atoms with van der Waals surface area (Å²) in [6.45, 7) is 0. The summed E-state index contributed by atoms with van der Waals surface area (Å²) in [5, 5.41) is 4.93. The van der Waals surface area contributed by atoms with E-state index in [1.807, 2.05) is 72.8 Å². The highest BCUT2D eigenvalue weighted by Crippen LogP contribution is 2.43. The minimum Gasteiger partial charge on any atom is -0.456 e. The van der Waals surface area contributed by atoms with Crippen molar-refractivity contribution in [3.05, 3.63) is 152 Å². The zero-order valence-corrected chi connectivity index (χ0v) is 26.0. The molecule has 0 saturated carbocycles. The fourth-order valence-electron chi connectivity index (χ4n) is 6.65. The Kier molecular flexibility index (Phi) is 4.98. The molecule has 3 heterocycles. The van der Waals surface area contributed by atoms with Crippen LogP contribution < -0.4 is 0 Å². The van der Waals surface area contributed by atoms with E-state index in [9.17, 15) is 0 Å². The van der Waals surface area contributed by atoms with Gasteiger partial charge in [-0.15, -0.1) is 11.3 Å². The third kappa shape index (κ3) is 4.18. The predicted molar refractivity (Wildman–Crippen MR) is 199 cm³/mol. The van der Waals surface area contributed by atoms with Crippen molar-refractivity contribution < 1.29 is 11.3 Å². The zero-order valence-electron chi connectivity index (χ0n) is 30.2. The molecule has 0 amide bonds. The molecular formula is C43H25N3OS. The summed E-state index contributed by atoms with van der Waals surface area (Å²) in [7, 11) is 0. The van der Waals surface area contributed by atoms with Crippen LogP contribution in [-0.2, 0) is 0 Å². The molecule has 7 aromatic carbocycles. The van der Waals surface area contributed by atoms with Crippen molar-refractivity contribution in [2.24, 2.45) is 0 Å². The van der Waals surface area contributed by atoms with E-state index in [0.29, 0.717) is 33.8 Å². The summed E-state index contributed by atoms with van der Waals surface area (Å²) in [6.07, 6.45) is 0. The topological polar surface area (TPSA) is 51.8 Å². The average Bonchev–Trinajstić information content (AvgIpc) is 3.76. The minimum absolute atomic E-state index is 0.00292. The molecule has 0 aliphatic carbocycles. The summed E-state index contributed by atoms with van der Waals surface area (Å²) in [4.78, 5) is 15.3. The third-order valence-electron chi connectivity index (χ3n) is 8.83. The van der Waals surface area contributed by atoms with E-state index in [2.05, 4.69) is 36.4 Å². The smallest absolute Gasteiger partial charge is 0.165 e. The standard InChI is InChI=1S/C43H25N3OS/c1-2-12-26(13-3-1)41-44-42(46-43(45-41)35-20-10-19-32-30-16-7-9-23-38(30)48-40(32)35)33-25-24-29(27-14-4-5-15-28(27)33)31-18-11-22-37-39(31)34-17-6-8-21-36(34)47-37/h1-25H/i6D,8D,18D,21D,22D. The number of nitrogens with zero attached hydrogens (tertiary/aromatic N) is 3. The molecule has 0 N–H and O–H groups in total. The lowest BCUT2D eigenvalue weighted by Gasteiger charge is -2.14. The number of hydrogen-bond donors (Lipinski definition) is 0. The Hall–Kier alpha value is -6.17. The molecule has 3 aromatic heterocycles. The maximum Gasteiger partial charge on any atom is 0.165 e. The number of rotatable bonds is 4. The Morgan fingerprint density at radius 2 is 1.17 bits per heavy atom. The Morgan fingerprint density at radius 3 is 2.04 bits per heavy atom. The number of para-hydroxylation sites is 1. The average molecular weight is 637 g/mol. The summed E-state index contributed by atoms with van der Waals surface area (Å²) in [5.41, 5.74) is 4.15. The number of aromatic nitrogens is 3. The Morgan fingerprint density at radius 1 is 0.458 bits per heavy atom. The van der Waals surface area contributed by atoms with Crippen LogP contribution >= 0.6 is 11.3 Å². The summed E-state index contributed by atoms with van der Waals surface area (Å²) in [6, 6.07) is 38.8. The first-order valence-corrected chi connectivity index (χ1v) is 16.3. The van der Waals surface area contributed by atoms with E-state index in [1.54, 1.807) is 11.3 Å².